The van der Waals surface area contributed by atoms with E-state index in [0.717, 1.165) is 71.3 Å². The van der Waals surface area contributed by atoms with Crippen molar-refractivity contribution >= 4 is 65.6 Å². The average Bonchev–Trinajstić information content (AvgIpc) is 3.72. The Kier molecular flexibility index (Phi) is 4.68. The summed E-state index contributed by atoms with van der Waals surface area (Å²) in [6.45, 7) is 0. The first kappa shape index (κ1) is 23.4. The van der Waals surface area contributed by atoms with E-state index in [4.69, 9.17) is 4.42 Å². The fourth-order valence-electron chi connectivity index (χ4n) is 6.77. The average molecular weight is 549 g/mol. The molecule has 198 valence electrons. The molecule has 0 aliphatic carbocycles. The van der Waals surface area contributed by atoms with Crippen molar-refractivity contribution in [2.45, 2.75) is 0 Å². The van der Waals surface area contributed by atoms with Gasteiger partial charge < -0.3 is 13.6 Å². The Morgan fingerprint density at radius 2 is 1.05 bits per heavy atom. The highest BCUT2D eigenvalue weighted by Crippen LogP contribution is 2.39. The molecular weight excluding hydrogens is 528 g/mol. The third-order valence-electron chi connectivity index (χ3n) is 8.59. The Balaban J connectivity index is 1.34. The van der Waals surface area contributed by atoms with Crippen molar-refractivity contribution in [1.82, 2.24) is 9.13 Å². The van der Waals surface area contributed by atoms with Crippen molar-refractivity contribution in [2.75, 3.05) is 0 Å². The standard InChI is InChI=1S/C38H20N4O/c39-21-23-7-5-11-29-27-9-1-4-14-34(27)42(37(23)29)26-15-17-35-31(19-26)28-10-2-3-13-33(28)41(35)25-16-18-36-32(20-25)30-12-6-8-24(22-40)38(30)43-36/h1-20H. The molecule has 0 saturated heterocycles. The highest BCUT2D eigenvalue weighted by Gasteiger charge is 2.19. The quantitative estimate of drug-likeness (QED) is 0.216. The van der Waals surface area contributed by atoms with E-state index in [1.165, 1.54) is 0 Å². The molecule has 0 aliphatic rings. The zero-order valence-electron chi connectivity index (χ0n) is 22.7. The Morgan fingerprint density at radius 3 is 1.84 bits per heavy atom. The number of furan rings is 1. The van der Waals surface area contributed by atoms with Crippen molar-refractivity contribution in [3.63, 3.8) is 0 Å². The minimum absolute atomic E-state index is 0.532. The summed E-state index contributed by atoms with van der Waals surface area (Å²) in [7, 11) is 0. The van der Waals surface area contributed by atoms with Crippen LogP contribution in [0.5, 0.6) is 0 Å². The van der Waals surface area contributed by atoms with E-state index in [1.54, 1.807) is 6.07 Å². The van der Waals surface area contributed by atoms with Crippen LogP contribution in [0, 0.1) is 22.7 Å². The van der Waals surface area contributed by atoms with E-state index in [-0.39, 0.29) is 0 Å². The second kappa shape index (κ2) is 8.60. The van der Waals surface area contributed by atoms with Gasteiger partial charge in [0.2, 0.25) is 0 Å². The maximum Gasteiger partial charge on any atom is 0.153 e. The monoisotopic (exact) mass is 548 g/mol. The van der Waals surface area contributed by atoms with E-state index < -0.39 is 0 Å². The van der Waals surface area contributed by atoms with Crippen LogP contribution in [-0.2, 0) is 0 Å². The number of hydrogen-bond acceptors (Lipinski definition) is 3. The van der Waals surface area contributed by atoms with E-state index in [2.05, 4.69) is 94.1 Å². The summed E-state index contributed by atoms with van der Waals surface area (Å²) in [5, 5.41) is 26.0. The molecule has 0 N–H and O–H groups in total. The van der Waals surface area contributed by atoms with Crippen LogP contribution >= 0.6 is 0 Å². The molecule has 0 fully saturated rings. The predicted octanol–water partition coefficient (Wildman–Crippen LogP) is 9.52. The van der Waals surface area contributed by atoms with Gasteiger partial charge in [0.15, 0.2) is 5.58 Å². The van der Waals surface area contributed by atoms with Crippen LogP contribution in [-0.4, -0.2) is 9.13 Å². The molecule has 9 aromatic rings. The first-order valence-corrected chi connectivity index (χ1v) is 14.1. The van der Waals surface area contributed by atoms with Gasteiger partial charge in [-0.15, -0.1) is 0 Å². The van der Waals surface area contributed by atoms with E-state index >= 15 is 0 Å². The van der Waals surface area contributed by atoms with Crippen LogP contribution in [0.15, 0.2) is 126 Å². The maximum absolute atomic E-state index is 10.0. The number of nitrogens with zero attached hydrogens (tertiary/aromatic N) is 4. The molecular formula is C38H20N4O. The zero-order chi connectivity index (χ0) is 28.7. The van der Waals surface area contributed by atoms with Crippen molar-refractivity contribution in [3.05, 3.63) is 132 Å². The first-order valence-electron chi connectivity index (χ1n) is 14.1. The van der Waals surface area contributed by atoms with E-state index in [9.17, 15) is 10.5 Å². The van der Waals surface area contributed by atoms with Crippen LogP contribution in [0.1, 0.15) is 11.1 Å². The number of fused-ring (bicyclic) bond motifs is 9. The lowest BCUT2D eigenvalue weighted by molar-refractivity contribution is 0.667. The van der Waals surface area contributed by atoms with Gasteiger partial charge in [0.1, 0.15) is 17.7 Å². The summed E-state index contributed by atoms with van der Waals surface area (Å²) in [5.41, 5.74) is 8.73. The van der Waals surface area contributed by atoms with Gasteiger partial charge in [-0.05, 0) is 60.7 Å². The number of benzene rings is 6. The summed E-state index contributed by atoms with van der Waals surface area (Å²) in [6.07, 6.45) is 0. The zero-order valence-corrected chi connectivity index (χ0v) is 22.7. The van der Waals surface area contributed by atoms with Crippen molar-refractivity contribution in [3.8, 4) is 23.5 Å². The highest BCUT2D eigenvalue weighted by molar-refractivity contribution is 6.13. The van der Waals surface area contributed by atoms with Crippen molar-refractivity contribution < 1.29 is 4.42 Å². The van der Waals surface area contributed by atoms with Crippen LogP contribution in [0.2, 0.25) is 0 Å². The molecule has 0 aliphatic heterocycles. The molecule has 0 bridgehead atoms. The van der Waals surface area contributed by atoms with Gasteiger partial charge in [0, 0.05) is 43.7 Å². The fourth-order valence-corrected chi connectivity index (χ4v) is 6.77. The van der Waals surface area contributed by atoms with E-state index in [0.29, 0.717) is 16.7 Å². The van der Waals surface area contributed by atoms with Gasteiger partial charge in [0.25, 0.3) is 0 Å². The Labute approximate surface area is 245 Å². The molecule has 0 atom stereocenters. The maximum atomic E-state index is 10.0. The normalized spacial score (nSPS) is 11.7. The van der Waals surface area contributed by atoms with Crippen molar-refractivity contribution in [2.24, 2.45) is 0 Å². The van der Waals surface area contributed by atoms with Crippen LogP contribution in [0.25, 0.3) is 76.9 Å². The summed E-state index contributed by atoms with van der Waals surface area (Å²) < 4.78 is 10.6. The van der Waals surface area contributed by atoms with Gasteiger partial charge >= 0.3 is 0 Å². The van der Waals surface area contributed by atoms with Crippen LogP contribution < -0.4 is 0 Å². The molecule has 0 saturated carbocycles. The first-order chi connectivity index (χ1) is 21.2. The van der Waals surface area contributed by atoms with E-state index in [1.807, 2.05) is 42.5 Å². The smallest absolute Gasteiger partial charge is 0.153 e. The van der Waals surface area contributed by atoms with Gasteiger partial charge in [-0.3, -0.25) is 0 Å². The van der Waals surface area contributed by atoms with Gasteiger partial charge in [-0.25, -0.2) is 0 Å². The lowest BCUT2D eigenvalue weighted by Gasteiger charge is -2.11. The summed E-state index contributed by atoms with van der Waals surface area (Å²) in [5.74, 6) is 0. The largest absolute Gasteiger partial charge is 0.455 e. The minimum atomic E-state index is 0.532. The topological polar surface area (TPSA) is 70.6 Å². The number of rotatable bonds is 2. The second-order valence-corrected chi connectivity index (χ2v) is 10.8. The molecule has 9 rings (SSSR count). The molecule has 6 aromatic carbocycles. The second-order valence-electron chi connectivity index (χ2n) is 10.8. The number of hydrogen-bond donors (Lipinski definition) is 0. The number of aromatic nitrogens is 2. The molecule has 3 aromatic heterocycles. The number of nitriles is 2. The lowest BCUT2D eigenvalue weighted by Crippen LogP contribution is -1.97. The van der Waals surface area contributed by atoms with Gasteiger partial charge in [0.05, 0.1) is 33.2 Å². The molecule has 43 heavy (non-hydrogen) atoms. The highest BCUT2D eigenvalue weighted by atomic mass is 16.3. The number of para-hydroxylation sites is 4. The lowest BCUT2D eigenvalue weighted by atomic mass is 10.1. The summed E-state index contributed by atoms with van der Waals surface area (Å²) in [6, 6.07) is 45.8. The van der Waals surface area contributed by atoms with Crippen LogP contribution in [0.3, 0.4) is 0 Å². The van der Waals surface area contributed by atoms with Crippen molar-refractivity contribution in [1.29, 1.82) is 10.5 Å². The molecule has 5 nitrogen and oxygen atoms in total. The molecule has 5 heteroatoms. The molecule has 0 amide bonds. The molecule has 0 unspecified atom stereocenters. The SMILES string of the molecule is N#Cc1cccc2c1oc1ccc(-n3c4ccccc4c4cc(-n5c6ccccc6c6cccc(C#N)c65)ccc43)cc12. The van der Waals surface area contributed by atoms with Gasteiger partial charge in [-0.1, -0.05) is 60.7 Å². The Bertz CT molecular complexity index is 2710. The predicted molar refractivity (Wildman–Crippen MR) is 172 cm³/mol. The van der Waals surface area contributed by atoms with Crippen LogP contribution in [0.4, 0.5) is 0 Å². The molecule has 0 spiro atoms. The minimum Gasteiger partial charge on any atom is -0.455 e. The fraction of sp³-hybridized carbons (Fsp3) is 0. The Hall–Kier alpha value is -6.30. The third kappa shape index (κ3) is 3.14. The molecule has 0 radical (unpaired) electrons. The third-order valence-corrected chi connectivity index (χ3v) is 8.59. The summed E-state index contributed by atoms with van der Waals surface area (Å²) in [4.78, 5) is 0. The Morgan fingerprint density at radius 1 is 0.465 bits per heavy atom. The van der Waals surface area contributed by atoms with Gasteiger partial charge in [-0.2, -0.15) is 10.5 Å². The summed E-state index contributed by atoms with van der Waals surface area (Å²) >= 11 is 0. The molecule has 3 heterocycles.